The van der Waals surface area contributed by atoms with Crippen LogP contribution >= 0.6 is 0 Å². The first-order chi connectivity index (χ1) is 10.9. The summed E-state index contributed by atoms with van der Waals surface area (Å²) in [5.74, 6) is 4.44. The van der Waals surface area contributed by atoms with Crippen LogP contribution in [-0.2, 0) is 16.2 Å². The van der Waals surface area contributed by atoms with Crippen molar-refractivity contribution >= 4 is 10.0 Å². The van der Waals surface area contributed by atoms with Gasteiger partial charge in [0.05, 0.1) is 10.5 Å². The molecule has 1 atom stereocenters. The predicted molar refractivity (Wildman–Crippen MR) is 65.2 cm³/mol. The first-order valence-corrected chi connectivity index (χ1v) is 7.42. The van der Waals surface area contributed by atoms with Crippen molar-refractivity contribution in [1.29, 1.82) is 0 Å². The van der Waals surface area contributed by atoms with Gasteiger partial charge < -0.3 is 0 Å². The van der Waals surface area contributed by atoms with Crippen molar-refractivity contribution in [3.8, 4) is 0 Å². The summed E-state index contributed by atoms with van der Waals surface area (Å²) < 4.78 is 139. The van der Waals surface area contributed by atoms with Gasteiger partial charge in [0, 0.05) is 0 Å². The van der Waals surface area contributed by atoms with Gasteiger partial charge in [0.15, 0.2) is 0 Å². The molecule has 1 unspecified atom stereocenters. The van der Waals surface area contributed by atoms with Gasteiger partial charge in [0.25, 0.3) is 15.7 Å². The van der Waals surface area contributed by atoms with E-state index in [0.717, 1.165) is 0 Å². The maximum atomic E-state index is 13.7. The molecular weight excluding hydrogens is 395 g/mol. The highest BCUT2D eigenvalue weighted by Crippen LogP contribution is 2.47. The number of nitrogens with zero attached hydrogens (tertiary/aromatic N) is 1. The van der Waals surface area contributed by atoms with Crippen molar-refractivity contribution in [1.82, 2.24) is 4.41 Å². The largest absolute Gasteiger partial charge is 0.429 e. The fourth-order valence-corrected chi connectivity index (χ4v) is 2.96. The maximum Gasteiger partial charge on any atom is 0.429 e. The van der Waals surface area contributed by atoms with Gasteiger partial charge in [-0.1, -0.05) is 16.5 Å². The van der Waals surface area contributed by atoms with Crippen LogP contribution in [0.5, 0.6) is 0 Å². The van der Waals surface area contributed by atoms with E-state index in [2.05, 4.69) is 5.84 Å². The van der Waals surface area contributed by atoms with E-state index in [1.807, 2.05) is 0 Å². The number of alkyl halides is 9. The fraction of sp³-hybridized carbons (Fsp3) is 0.455. The molecule has 0 bridgehead atoms. The van der Waals surface area contributed by atoms with E-state index in [-0.39, 0.29) is 12.1 Å². The summed E-state index contributed by atoms with van der Waals surface area (Å²) in [6.45, 7) is -0.696. The average molecular weight is 404 g/mol. The summed E-state index contributed by atoms with van der Waals surface area (Å²) in [7, 11) is -6.05. The molecule has 0 aliphatic heterocycles. The zero-order chi connectivity index (χ0) is 20.1. The van der Waals surface area contributed by atoms with Crippen molar-refractivity contribution in [2.75, 3.05) is 0 Å². The van der Waals surface area contributed by atoms with Gasteiger partial charge >= 0.3 is 18.4 Å². The fourth-order valence-electron chi connectivity index (χ4n) is 1.56. The Morgan fingerprint density at radius 2 is 1.36 bits per heavy atom. The Morgan fingerprint density at radius 1 is 0.920 bits per heavy atom. The van der Waals surface area contributed by atoms with Crippen molar-refractivity contribution in [2.45, 2.75) is 35.9 Å². The van der Waals surface area contributed by atoms with E-state index in [9.17, 15) is 47.9 Å². The smallest absolute Gasteiger partial charge is 0.249 e. The van der Waals surface area contributed by atoms with Crippen LogP contribution in [0.4, 0.5) is 39.5 Å². The molecule has 144 valence electrons. The van der Waals surface area contributed by atoms with E-state index in [1.54, 1.807) is 0 Å². The number of halogens is 9. The minimum Gasteiger partial charge on any atom is -0.249 e. The Labute approximate surface area is 135 Å². The highest BCUT2D eigenvalue weighted by Gasteiger charge is 2.72. The maximum absolute atomic E-state index is 13.7. The highest BCUT2D eigenvalue weighted by atomic mass is 32.2. The molecule has 1 rings (SSSR count). The molecule has 0 amide bonds. The molecule has 1 aromatic rings. The van der Waals surface area contributed by atoms with Gasteiger partial charge in [-0.15, -0.1) is 0 Å². The van der Waals surface area contributed by atoms with Crippen molar-refractivity contribution in [2.24, 2.45) is 5.84 Å². The third kappa shape index (κ3) is 3.55. The number of benzene rings is 1. The van der Waals surface area contributed by atoms with E-state index >= 15 is 0 Å². The summed E-state index contributed by atoms with van der Waals surface area (Å²) in [6.07, 6.45) is -11.6. The van der Waals surface area contributed by atoms with Gasteiger partial charge in [0.2, 0.25) is 0 Å². The molecule has 0 radical (unpaired) electrons. The van der Waals surface area contributed by atoms with Crippen LogP contribution in [0.1, 0.15) is 12.5 Å². The summed E-state index contributed by atoms with van der Waals surface area (Å²) in [5, 5.41) is 0. The first-order valence-electron chi connectivity index (χ1n) is 5.98. The van der Waals surface area contributed by atoms with Crippen molar-refractivity contribution in [3.63, 3.8) is 0 Å². The molecule has 25 heavy (non-hydrogen) atoms. The second-order valence-electron chi connectivity index (χ2n) is 4.84. The Morgan fingerprint density at radius 3 is 1.76 bits per heavy atom. The van der Waals surface area contributed by atoms with Gasteiger partial charge in [-0.05, 0) is 19.1 Å². The van der Waals surface area contributed by atoms with Crippen LogP contribution in [0.15, 0.2) is 29.2 Å². The second kappa shape index (κ2) is 6.02. The number of hydrogen-bond donors (Lipinski definition) is 1. The average Bonchev–Trinajstić information content (AvgIpc) is 2.44. The van der Waals surface area contributed by atoms with E-state index in [1.165, 1.54) is 0 Å². The number of sulfonamides is 1. The molecule has 0 aromatic heterocycles. The molecule has 0 saturated heterocycles. The second-order valence-corrected chi connectivity index (χ2v) is 6.62. The topological polar surface area (TPSA) is 63.4 Å². The summed E-state index contributed by atoms with van der Waals surface area (Å²) in [6, 6.07) is -4.18. The zero-order valence-electron chi connectivity index (χ0n) is 12.0. The molecule has 0 aliphatic carbocycles. The van der Waals surface area contributed by atoms with Crippen molar-refractivity contribution in [3.05, 3.63) is 29.8 Å². The van der Waals surface area contributed by atoms with E-state index < -0.39 is 55.9 Å². The molecule has 1 aromatic carbocycles. The molecule has 0 fully saturated rings. The van der Waals surface area contributed by atoms with E-state index in [0.29, 0.717) is 12.1 Å². The summed E-state index contributed by atoms with van der Waals surface area (Å²) in [4.78, 5) is -1.86. The molecule has 4 nitrogen and oxygen atoms in total. The monoisotopic (exact) mass is 404 g/mol. The molecule has 14 heteroatoms. The predicted octanol–water partition coefficient (Wildman–Crippen LogP) is 3.45. The third-order valence-corrected chi connectivity index (χ3v) is 4.76. The lowest BCUT2D eigenvalue weighted by Crippen LogP contribution is -2.65. The lowest BCUT2D eigenvalue weighted by atomic mass is 10.1. The van der Waals surface area contributed by atoms with Crippen LogP contribution in [0.2, 0.25) is 0 Å². The van der Waals surface area contributed by atoms with Crippen LogP contribution in [0, 0.1) is 0 Å². The van der Waals surface area contributed by atoms with Crippen LogP contribution < -0.4 is 5.84 Å². The molecule has 0 aliphatic rings. The van der Waals surface area contributed by atoms with Crippen LogP contribution in [0.3, 0.4) is 0 Å². The molecule has 0 spiro atoms. The Balaban J connectivity index is 3.56. The summed E-state index contributed by atoms with van der Waals surface area (Å²) >= 11 is 0. The molecule has 0 heterocycles. The lowest BCUT2D eigenvalue weighted by molar-refractivity contribution is -0.322. The number of nitrogens with two attached hydrogens (primary N) is 1. The molecular formula is C11H9F9N2O2S. The zero-order valence-corrected chi connectivity index (χ0v) is 12.8. The third-order valence-electron chi connectivity index (χ3n) is 3.10. The van der Waals surface area contributed by atoms with Gasteiger partial charge in [0.1, 0.15) is 0 Å². The number of hydrogen-bond acceptors (Lipinski definition) is 3. The number of rotatable bonds is 4. The van der Waals surface area contributed by atoms with Crippen molar-refractivity contribution < 1.29 is 47.9 Å². The summed E-state index contributed by atoms with van der Waals surface area (Å²) in [5.41, 5.74) is -7.44. The number of hydrazine groups is 1. The van der Waals surface area contributed by atoms with Gasteiger partial charge in [-0.3, -0.25) is 0 Å². The molecule has 0 saturated carbocycles. The minimum absolute atomic E-state index is 0.178. The van der Waals surface area contributed by atoms with E-state index in [4.69, 9.17) is 0 Å². The minimum atomic E-state index is -6.27. The lowest BCUT2D eigenvalue weighted by Gasteiger charge is -2.36. The van der Waals surface area contributed by atoms with Gasteiger partial charge in [-0.2, -0.15) is 35.1 Å². The normalized spacial score (nSPS) is 16.8. The SMILES string of the molecule is CC(F)(C(F)(F)F)C(F)(F)N(N)S(=O)(=O)c1ccccc1C(F)(F)F. The Hall–Kier alpha value is -1.54. The van der Waals surface area contributed by atoms with Crippen LogP contribution in [0.25, 0.3) is 0 Å². The molecule has 2 N–H and O–H groups in total. The Kier molecular flexibility index (Phi) is 5.18. The highest BCUT2D eigenvalue weighted by molar-refractivity contribution is 7.89. The van der Waals surface area contributed by atoms with Crippen LogP contribution in [-0.4, -0.2) is 30.7 Å². The van der Waals surface area contributed by atoms with Gasteiger partial charge in [-0.25, -0.2) is 18.7 Å². The first kappa shape index (κ1) is 21.5. The quantitative estimate of drug-likeness (QED) is 0.362. The standard InChI is InChI=1S/C11H9F9N2O2S/c1-8(12,10(16,17)18)11(19,20)22(21)25(23,24)7-5-3-2-4-6(7)9(13,14)15/h2-5H,21H2,1H3. The Bertz CT molecular complexity index is 741.